The molecule has 4 rings (SSSR count). The quantitative estimate of drug-likeness (QED) is 0.329. The maximum Gasteiger partial charge on any atom is 0.267 e. The highest BCUT2D eigenvalue weighted by atomic mass is 32.2. The minimum absolute atomic E-state index is 0.100. The lowest BCUT2D eigenvalue weighted by Crippen LogP contribution is -2.28. The van der Waals surface area contributed by atoms with Crippen molar-refractivity contribution in [3.8, 4) is 0 Å². The molecule has 1 atom stereocenters. The molecule has 1 N–H and O–H groups in total. The van der Waals surface area contributed by atoms with Crippen LogP contribution < -0.4 is 10.9 Å². The van der Waals surface area contributed by atoms with E-state index >= 15 is 0 Å². The molecule has 1 saturated heterocycles. The van der Waals surface area contributed by atoms with Crippen LogP contribution in [0.2, 0.25) is 0 Å². The summed E-state index contributed by atoms with van der Waals surface area (Å²) in [4.78, 5) is 32.9. The van der Waals surface area contributed by atoms with Crippen LogP contribution in [0.15, 0.2) is 71.0 Å². The van der Waals surface area contributed by atoms with Gasteiger partial charge in [-0.3, -0.25) is 18.9 Å². The van der Waals surface area contributed by atoms with Gasteiger partial charge in [-0.05, 0) is 37.1 Å². The largest absolute Gasteiger partial charge is 0.363 e. The fourth-order valence-electron chi connectivity index (χ4n) is 3.50. The van der Waals surface area contributed by atoms with Crippen molar-refractivity contribution in [2.45, 2.75) is 19.9 Å². The van der Waals surface area contributed by atoms with Gasteiger partial charge in [0.05, 0.1) is 10.5 Å². The first-order valence-corrected chi connectivity index (χ1v) is 11.3. The Balaban J connectivity index is 1.85. The summed E-state index contributed by atoms with van der Waals surface area (Å²) in [5.41, 5.74) is 2.56. The number of hydrogen-bond acceptors (Lipinski definition) is 6. The number of hydrogen-bond donors (Lipinski definition) is 1. The number of rotatable bonds is 6. The number of carbonyl (C=O) groups is 1. The fourth-order valence-corrected chi connectivity index (χ4v) is 4.76. The van der Waals surface area contributed by atoms with Gasteiger partial charge >= 0.3 is 0 Å². The standard InChI is InChI=1S/C24H22N4O2S2/c1-4-12-28-23(30)19(32-24(28)31)14-18-20(25-16(3)17-10-6-5-7-11-17)26-21-15(2)9-8-13-27(21)22(18)29/h4-11,13-14,16,25H,1,12H2,2-3H3/b19-14-/t16-/m1/s1. The van der Waals surface area contributed by atoms with Gasteiger partial charge in [0.1, 0.15) is 15.8 Å². The van der Waals surface area contributed by atoms with Crippen molar-refractivity contribution in [3.63, 3.8) is 0 Å². The topological polar surface area (TPSA) is 66.7 Å². The number of nitrogens with one attached hydrogen (secondary N) is 1. The van der Waals surface area contributed by atoms with Gasteiger partial charge in [0.15, 0.2) is 0 Å². The van der Waals surface area contributed by atoms with Crippen molar-refractivity contribution in [3.05, 3.63) is 93.3 Å². The molecular weight excluding hydrogens is 440 g/mol. The van der Waals surface area contributed by atoms with E-state index in [4.69, 9.17) is 17.2 Å². The first-order valence-electron chi connectivity index (χ1n) is 10.1. The lowest BCUT2D eigenvalue weighted by atomic mass is 10.1. The molecule has 1 amide bonds. The lowest BCUT2D eigenvalue weighted by molar-refractivity contribution is -0.121. The minimum atomic E-state index is -0.254. The van der Waals surface area contributed by atoms with Gasteiger partial charge in [-0.1, -0.05) is 66.5 Å². The molecule has 0 bridgehead atoms. The van der Waals surface area contributed by atoms with Crippen LogP contribution in [0.1, 0.15) is 29.7 Å². The van der Waals surface area contributed by atoms with Crippen LogP contribution in [0.3, 0.4) is 0 Å². The van der Waals surface area contributed by atoms with Gasteiger partial charge in [0.2, 0.25) is 0 Å². The fraction of sp³-hybridized carbons (Fsp3) is 0.167. The van der Waals surface area contributed by atoms with Crippen molar-refractivity contribution in [1.29, 1.82) is 0 Å². The number of nitrogens with zero attached hydrogens (tertiary/aromatic N) is 3. The van der Waals surface area contributed by atoms with Crippen LogP contribution in [0.5, 0.6) is 0 Å². The predicted octanol–water partition coefficient (Wildman–Crippen LogP) is 4.56. The number of carbonyl (C=O) groups excluding carboxylic acids is 1. The predicted molar refractivity (Wildman–Crippen MR) is 135 cm³/mol. The summed E-state index contributed by atoms with van der Waals surface area (Å²) in [6.07, 6.45) is 4.90. The highest BCUT2D eigenvalue weighted by Gasteiger charge is 2.32. The third-order valence-electron chi connectivity index (χ3n) is 5.20. The molecule has 6 nitrogen and oxygen atoms in total. The Hall–Kier alpha value is -3.23. The summed E-state index contributed by atoms with van der Waals surface area (Å²) < 4.78 is 1.95. The van der Waals surface area contributed by atoms with E-state index in [1.165, 1.54) is 21.1 Å². The third kappa shape index (κ3) is 4.11. The molecule has 2 aromatic heterocycles. The molecular formula is C24H22N4O2S2. The van der Waals surface area contributed by atoms with Gasteiger partial charge in [-0.15, -0.1) is 6.58 Å². The highest BCUT2D eigenvalue weighted by Crippen LogP contribution is 2.33. The third-order valence-corrected chi connectivity index (χ3v) is 6.58. The number of benzene rings is 1. The van der Waals surface area contributed by atoms with Crippen LogP contribution in [-0.2, 0) is 4.79 Å². The SMILES string of the molecule is C=CCN1C(=O)/C(=C/c2c(N[C@H](C)c3ccccc3)nc3c(C)cccn3c2=O)SC1=S. The Morgan fingerprint density at radius 3 is 2.69 bits per heavy atom. The lowest BCUT2D eigenvalue weighted by Gasteiger charge is -2.18. The number of aryl methyl sites for hydroxylation is 1. The van der Waals surface area contributed by atoms with Crippen LogP contribution in [0.25, 0.3) is 11.7 Å². The summed E-state index contributed by atoms with van der Waals surface area (Å²) in [6.45, 7) is 7.92. The number of amides is 1. The van der Waals surface area contributed by atoms with Crippen molar-refractivity contribution in [2.75, 3.05) is 11.9 Å². The van der Waals surface area contributed by atoms with E-state index in [0.29, 0.717) is 32.8 Å². The summed E-state index contributed by atoms with van der Waals surface area (Å²) in [5, 5.41) is 3.37. The molecule has 1 aliphatic rings. The van der Waals surface area contributed by atoms with E-state index < -0.39 is 0 Å². The van der Waals surface area contributed by atoms with Gasteiger partial charge in [-0.2, -0.15) is 0 Å². The second-order valence-corrected chi connectivity index (χ2v) is 9.10. The normalized spacial score (nSPS) is 16.1. The number of thioether (sulfide) groups is 1. The summed E-state index contributed by atoms with van der Waals surface area (Å²) in [6, 6.07) is 13.5. The summed E-state index contributed by atoms with van der Waals surface area (Å²) in [5.74, 6) is 0.185. The van der Waals surface area contributed by atoms with E-state index in [2.05, 4.69) is 11.9 Å². The molecule has 0 spiro atoms. The number of thiocarbonyl (C=S) groups is 1. The molecule has 0 aliphatic carbocycles. The van der Waals surface area contributed by atoms with Gasteiger partial charge < -0.3 is 5.32 Å². The zero-order chi connectivity index (χ0) is 22.8. The van der Waals surface area contributed by atoms with E-state index in [0.717, 1.165) is 11.1 Å². The van der Waals surface area contributed by atoms with Crippen LogP contribution in [-0.4, -0.2) is 31.1 Å². The summed E-state index contributed by atoms with van der Waals surface area (Å²) in [7, 11) is 0. The molecule has 0 saturated carbocycles. The maximum atomic E-state index is 13.5. The van der Waals surface area contributed by atoms with Crippen molar-refractivity contribution >= 4 is 51.7 Å². The second-order valence-electron chi connectivity index (χ2n) is 7.42. The smallest absolute Gasteiger partial charge is 0.267 e. The molecule has 1 aliphatic heterocycles. The first kappa shape index (κ1) is 22.0. The number of fused-ring (bicyclic) bond motifs is 1. The zero-order valence-electron chi connectivity index (χ0n) is 17.7. The Kier molecular flexibility index (Phi) is 6.25. The van der Waals surface area contributed by atoms with E-state index in [1.54, 1.807) is 24.4 Å². The number of anilines is 1. The molecule has 3 heterocycles. The van der Waals surface area contributed by atoms with Crippen molar-refractivity contribution < 1.29 is 4.79 Å². The summed E-state index contributed by atoms with van der Waals surface area (Å²) >= 11 is 6.51. The van der Waals surface area contributed by atoms with Crippen molar-refractivity contribution in [1.82, 2.24) is 14.3 Å². The Bertz CT molecular complexity index is 1310. The molecule has 0 unspecified atom stereocenters. The maximum absolute atomic E-state index is 13.5. The first-order chi connectivity index (χ1) is 15.4. The Morgan fingerprint density at radius 1 is 1.22 bits per heavy atom. The van der Waals surface area contributed by atoms with Gasteiger partial charge in [0, 0.05) is 18.8 Å². The average molecular weight is 463 g/mol. The van der Waals surface area contributed by atoms with Crippen LogP contribution in [0, 0.1) is 6.92 Å². The van der Waals surface area contributed by atoms with Crippen LogP contribution in [0.4, 0.5) is 5.82 Å². The molecule has 162 valence electrons. The highest BCUT2D eigenvalue weighted by molar-refractivity contribution is 8.26. The molecule has 1 fully saturated rings. The van der Waals surface area contributed by atoms with Crippen LogP contribution >= 0.6 is 24.0 Å². The van der Waals surface area contributed by atoms with Gasteiger partial charge in [-0.25, -0.2) is 4.98 Å². The van der Waals surface area contributed by atoms with Crippen molar-refractivity contribution in [2.24, 2.45) is 0 Å². The van der Waals surface area contributed by atoms with E-state index in [9.17, 15) is 9.59 Å². The minimum Gasteiger partial charge on any atom is -0.363 e. The number of aromatic nitrogens is 2. The Morgan fingerprint density at radius 2 is 1.97 bits per heavy atom. The molecule has 1 aromatic carbocycles. The molecule has 32 heavy (non-hydrogen) atoms. The number of pyridine rings is 1. The zero-order valence-corrected chi connectivity index (χ0v) is 19.4. The molecule has 0 radical (unpaired) electrons. The molecule has 8 heteroatoms. The van der Waals surface area contributed by atoms with E-state index in [-0.39, 0.29) is 17.5 Å². The average Bonchev–Trinajstić information content (AvgIpc) is 3.05. The Labute approximate surface area is 195 Å². The second kappa shape index (κ2) is 9.10. The monoisotopic (exact) mass is 462 g/mol. The van der Waals surface area contributed by atoms with E-state index in [1.807, 2.05) is 50.2 Å². The van der Waals surface area contributed by atoms with Gasteiger partial charge in [0.25, 0.3) is 11.5 Å². The molecule has 3 aromatic rings.